The van der Waals surface area contributed by atoms with Gasteiger partial charge in [0, 0.05) is 0 Å². The summed E-state index contributed by atoms with van der Waals surface area (Å²) in [6.07, 6.45) is 0.239. The van der Waals surface area contributed by atoms with Crippen LogP contribution in [0.3, 0.4) is 0 Å². The van der Waals surface area contributed by atoms with E-state index < -0.39 is 0 Å². The van der Waals surface area contributed by atoms with Gasteiger partial charge < -0.3 is 20.5 Å². The molecular formula is C12H16N2O3S. The molecule has 0 aromatic heterocycles. The maximum absolute atomic E-state index is 11.6. The molecule has 6 heteroatoms. The summed E-state index contributed by atoms with van der Waals surface area (Å²) in [6, 6.07) is 5.33. The lowest BCUT2D eigenvalue weighted by molar-refractivity contribution is -0.120. The molecular weight excluding hydrogens is 252 g/mol. The van der Waals surface area contributed by atoms with E-state index in [2.05, 4.69) is 17.5 Å². The van der Waals surface area contributed by atoms with E-state index in [9.17, 15) is 4.79 Å². The quantitative estimate of drug-likeness (QED) is 0.741. The lowest BCUT2D eigenvalue weighted by atomic mass is 10.1. The summed E-state index contributed by atoms with van der Waals surface area (Å²) in [5.74, 6) is 1.08. The van der Waals surface area contributed by atoms with Crippen LogP contribution in [0, 0.1) is 0 Å². The van der Waals surface area contributed by atoms with E-state index in [4.69, 9.17) is 15.2 Å². The number of methoxy groups -OCH3 is 2. The van der Waals surface area contributed by atoms with Crippen molar-refractivity contribution in [3.63, 3.8) is 0 Å². The normalized spacial score (nSPS) is 9.67. The third-order valence-electron chi connectivity index (χ3n) is 2.27. The molecule has 3 N–H and O–H groups in total. The third-order valence-corrected chi connectivity index (χ3v) is 2.42. The summed E-state index contributed by atoms with van der Waals surface area (Å²) in [5.41, 5.74) is 6.12. The van der Waals surface area contributed by atoms with Crippen LogP contribution in [0.15, 0.2) is 18.2 Å². The van der Waals surface area contributed by atoms with Crippen molar-refractivity contribution in [1.29, 1.82) is 0 Å². The molecule has 1 amide bonds. The molecule has 0 atom stereocenters. The topological polar surface area (TPSA) is 73.6 Å². The number of nitrogens with one attached hydrogen (secondary N) is 1. The van der Waals surface area contributed by atoms with Gasteiger partial charge in [0.1, 0.15) is 0 Å². The van der Waals surface area contributed by atoms with Gasteiger partial charge in [-0.25, -0.2) is 0 Å². The van der Waals surface area contributed by atoms with E-state index in [0.29, 0.717) is 11.5 Å². The van der Waals surface area contributed by atoms with Crippen LogP contribution in [0.4, 0.5) is 0 Å². The first-order valence-electron chi connectivity index (χ1n) is 5.32. The van der Waals surface area contributed by atoms with Crippen molar-refractivity contribution in [2.45, 2.75) is 6.42 Å². The Morgan fingerprint density at radius 3 is 2.56 bits per heavy atom. The Labute approximate surface area is 111 Å². The number of hydrogen-bond acceptors (Lipinski definition) is 4. The maximum Gasteiger partial charge on any atom is 0.224 e. The summed E-state index contributed by atoms with van der Waals surface area (Å²) >= 11 is 4.68. The molecule has 98 valence electrons. The zero-order valence-electron chi connectivity index (χ0n) is 10.4. The molecule has 0 unspecified atom stereocenters. The van der Waals surface area contributed by atoms with Crippen LogP contribution in [0.25, 0.3) is 0 Å². The molecule has 0 saturated carbocycles. The van der Waals surface area contributed by atoms with Crippen molar-refractivity contribution in [3.05, 3.63) is 23.8 Å². The summed E-state index contributed by atoms with van der Waals surface area (Å²) < 4.78 is 10.3. The van der Waals surface area contributed by atoms with E-state index >= 15 is 0 Å². The van der Waals surface area contributed by atoms with Gasteiger partial charge in [0.2, 0.25) is 5.91 Å². The van der Waals surface area contributed by atoms with Crippen molar-refractivity contribution in [2.75, 3.05) is 20.8 Å². The molecule has 1 aromatic carbocycles. The lowest BCUT2D eigenvalue weighted by Gasteiger charge is -2.09. The number of rotatable bonds is 6. The number of thiocarbonyl (C=S) groups is 1. The van der Waals surface area contributed by atoms with Crippen molar-refractivity contribution in [1.82, 2.24) is 5.32 Å². The number of hydrogen-bond donors (Lipinski definition) is 2. The van der Waals surface area contributed by atoms with Crippen LogP contribution >= 0.6 is 12.2 Å². The third kappa shape index (κ3) is 4.21. The Kier molecular flexibility index (Phi) is 5.38. The largest absolute Gasteiger partial charge is 0.493 e. The molecule has 1 aromatic rings. The van der Waals surface area contributed by atoms with Crippen LogP contribution in [0.1, 0.15) is 5.56 Å². The van der Waals surface area contributed by atoms with E-state index in [0.717, 1.165) is 5.56 Å². The predicted octanol–water partition coefficient (Wildman–Crippen LogP) is 0.649. The second kappa shape index (κ2) is 6.80. The Morgan fingerprint density at radius 2 is 2.00 bits per heavy atom. The molecule has 1 rings (SSSR count). The average molecular weight is 268 g/mol. The number of nitrogens with two attached hydrogens (primary N) is 1. The smallest absolute Gasteiger partial charge is 0.224 e. The lowest BCUT2D eigenvalue weighted by Crippen LogP contribution is -2.33. The van der Waals surface area contributed by atoms with Gasteiger partial charge in [-0.1, -0.05) is 18.3 Å². The molecule has 0 aliphatic rings. The molecule has 0 aliphatic heterocycles. The number of amides is 1. The number of ether oxygens (including phenoxy) is 2. The minimum atomic E-state index is -0.144. The minimum absolute atomic E-state index is 0.144. The Hall–Kier alpha value is -1.82. The zero-order chi connectivity index (χ0) is 13.5. The predicted molar refractivity (Wildman–Crippen MR) is 73.0 cm³/mol. The SMILES string of the molecule is COc1ccc(CC(=O)NCC(N)=S)cc1OC. The van der Waals surface area contributed by atoms with Crippen molar-refractivity contribution < 1.29 is 14.3 Å². The molecule has 0 aliphatic carbocycles. The second-order valence-electron chi connectivity index (χ2n) is 3.61. The monoisotopic (exact) mass is 268 g/mol. The number of benzene rings is 1. The van der Waals surface area contributed by atoms with E-state index in [-0.39, 0.29) is 23.9 Å². The van der Waals surface area contributed by atoms with Gasteiger partial charge in [-0.05, 0) is 17.7 Å². The van der Waals surface area contributed by atoms with Gasteiger partial charge >= 0.3 is 0 Å². The number of carbonyl (C=O) groups excluding carboxylic acids is 1. The Morgan fingerprint density at radius 1 is 1.33 bits per heavy atom. The fourth-order valence-electron chi connectivity index (χ4n) is 1.42. The molecule has 0 saturated heterocycles. The van der Waals surface area contributed by atoms with Gasteiger partial charge in [0.15, 0.2) is 11.5 Å². The first-order chi connectivity index (χ1) is 8.56. The Bertz CT molecular complexity index is 449. The van der Waals surface area contributed by atoms with Crippen molar-refractivity contribution in [2.24, 2.45) is 5.73 Å². The van der Waals surface area contributed by atoms with Crippen LogP contribution in [-0.4, -0.2) is 31.7 Å². The summed E-state index contributed by atoms with van der Waals surface area (Å²) in [6.45, 7) is 0.210. The van der Waals surface area contributed by atoms with Gasteiger partial charge in [0.05, 0.1) is 32.2 Å². The zero-order valence-corrected chi connectivity index (χ0v) is 11.2. The standard InChI is InChI=1S/C12H16N2O3S/c1-16-9-4-3-8(5-10(9)17-2)6-12(15)14-7-11(13)18/h3-5H,6-7H2,1-2H3,(H2,13,18)(H,14,15). The highest BCUT2D eigenvalue weighted by molar-refractivity contribution is 7.80. The molecule has 0 spiro atoms. The van der Waals surface area contributed by atoms with Crippen LogP contribution in [-0.2, 0) is 11.2 Å². The summed E-state index contributed by atoms with van der Waals surface area (Å²) in [5, 5.41) is 2.62. The second-order valence-corrected chi connectivity index (χ2v) is 4.13. The van der Waals surface area contributed by atoms with E-state index in [1.165, 1.54) is 0 Å². The van der Waals surface area contributed by atoms with Gasteiger partial charge in [-0.15, -0.1) is 0 Å². The molecule has 0 heterocycles. The van der Waals surface area contributed by atoms with Crippen LogP contribution in [0.5, 0.6) is 11.5 Å². The van der Waals surface area contributed by atoms with Gasteiger partial charge in [-0.3, -0.25) is 4.79 Å². The van der Waals surface area contributed by atoms with Crippen LogP contribution in [0.2, 0.25) is 0 Å². The highest BCUT2D eigenvalue weighted by atomic mass is 32.1. The van der Waals surface area contributed by atoms with Gasteiger partial charge in [0.25, 0.3) is 0 Å². The summed E-state index contributed by atoms with van der Waals surface area (Å²) in [7, 11) is 3.11. The first kappa shape index (κ1) is 14.2. The molecule has 0 fully saturated rings. The van der Waals surface area contributed by atoms with Gasteiger partial charge in [-0.2, -0.15) is 0 Å². The van der Waals surface area contributed by atoms with Crippen LogP contribution < -0.4 is 20.5 Å². The highest BCUT2D eigenvalue weighted by Crippen LogP contribution is 2.27. The highest BCUT2D eigenvalue weighted by Gasteiger charge is 2.08. The molecule has 5 nitrogen and oxygen atoms in total. The molecule has 0 radical (unpaired) electrons. The van der Waals surface area contributed by atoms with E-state index in [1.807, 2.05) is 6.07 Å². The first-order valence-corrected chi connectivity index (χ1v) is 5.73. The molecule has 0 bridgehead atoms. The van der Waals surface area contributed by atoms with Crippen molar-refractivity contribution in [3.8, 4) is 11.5 Å². The Balaban J connectivity index is 2.67. The fourth-order valence-corrected chi connectivity index (χ4v) is 1.50. The van der Waals surface area contributed by atoms with Crippen molar-refractivity contribution >= 4 is 23.1 Å². The van der Waals surface area contributed by atoms with E-state index in [1.54, 1.807) is 26.4 Å². The molecule has 18 heavy (non-hydrogen) atoms. The fraction of sp³-hybridized carbons (Fsp3) is 0.333. The number of carbonyl (C=O) groups is 1. The minimum Gasteiger partial charge on any atom is -0.493 e. The summed E-state index contributed by atoms with van der Waals surface area (Å²) in [4.78, 5) is 11.8. The average Bonchev–Trinajstić information content (AvgIpc) is 2.36. The maximum atomic E-state index is 11.6.